The van der Waals surface area contributed by atoms with Gasteiger partial charge in [-0.3, -0.25) is 19.8 Å². The number of thiophene rings is 1. The van der Waals surface area contributed by atoms with Crippen molar-refractivity contribution in [2.24, 2.45) is 0 Å². The van der Waals surface area contributed by atoms with Crippen LogP contribution in [0.5, 0.6) is 0 Å². The molecule has 1 aliphatic heterocycles. The zero-order chi connectivity index (χ0) is 18.5. The summed E-state index contributed by atoms with van der Waals surface area (Å²) in [5, 5.41) is 11.5. The summed E-state index contributed by atoms with van der Waals surface area (Å²) in [6.45, 7) is 0. The lowest BCUT2D eigenvalue weighted by Gasteiger charge is -2.34. The molecule has 3 N–H and O–H groups in total. The van der Waals surface area contributed by atoms with Gasteiger partial charge in [0.1, 0.15) is 5.82 Å². The number of aromatic amines is 2. The van der Waals surface area contributed by atoms with E-state index in [0.29, 0.717) is 28.4 Å². The van der Waals surface area contributed by atoms with Crippen molar-refractivity contribution in [1.82, 2.24) is 10.2 Å². The molecule has 5 rings (SSSR count). The maximum atomic E-state index is 13.2. The van der Waals surface area contributed by atoms with Gasteiger partial charge in [0.25, 0.3) is 5.56 Å². The van der Waals surface area contributed by atoms with E-state index >= 15 is 0 Å². The van der Waals surface area contributed by atoms with Crippen molar-refractivity contribution < 1.29 is 4.79 Å². The minimum absolute atomic E-state index is 0.0911. The molecular formula is C20H16ClN3O2S. The van der Waals surface area contributed by atoms with Crippen molar-refractivity contribution in [2.45, 2.75) is 24.7 Å². The smallest absolute Gasteiger partial charge is 0.270 e. The topological polar surface area (TPSA) is 77.8 Å². The van der Waals surface area contributed by atoms with Crippen LogP contribution in [0.25, 0.3) is 0 Å². The minimum Gasteiger partial charge on any atom is -0.343 e. The summed E-state index contributed by atoms with van der Waals surface area (Å²) in [6, 6.07) is 11.5. The summed E-state index contributed by atoms with van der Waals surface area (Å²) in [5.41, 5.74) is 2.83. The number of hydrogen-bond donors (Lipinski definition) is 3. The molecule has 1 aromatic carbocycles. The number of benzene rings is 1. The Morgan fingerprint density at radius 1 is 1.04 bits per heavy atom. The summed E-state index contributed by atoms with van der Waals surface area (Å²) in [6.07, 6.45) is 1.21. The molecular weight excluding hydrogens is 382 g/mol. The number of nitrogens with one attached hydrogen (secondary N) is 3. The van der Waals surface area contributed by atoms with Gasteiger partial charge in [0, 0.05) is 39.4 Å². The summed E-state index contributed by atoms with van der Waals surface area (Å²) < 4.78 is 0. The number of Topliss-reactive ketones (excluding diaryl/α,β-unsaturated/α-hetero) is 1. The predicted molar refractivity (Wildman–Crippen MR) is 107 cm³/mol. The molecule has 0 radical (unpaired) electrons. The van der Waals surface area contributed by atoms with Crippen molar-refractivity contribution in [2.75, 3.05) is 5.32 Å². The Kier molecular flexibility index (Phi) is 3.84. The Morgan fingerprint density at radius 2 is 1.85 bits per heavy atom. The Balaban J connectivity index is 1.65. The number of carbonyl (C=O) groups excluding carboxylic acids is 1. The van der Waals surface area contributed by atoms with E-state index in [9.17, 15) is 9.59 Å². The molecule has 3 aromatic rings. The molecule has 5 nitrogen and oxygen atoms in total. The van der Waals surface area contributed by atoms with E-state index in [4.69, 9.17) is 11.6 Å². The fraction of sp³-hybridized carbons (Fsp3) is 0.200. The Bertz CT molecular complexity index is 1110. The van der Waals surface area contributed by atoms with Gasteiger partial charge in [-0.1, -0.05) is 29.8 Å². The highest BCUT2D eigenvalue weighted by Crippen LogP contribution is 2.46. The van der Waals surface area contributed by atoms with E-state index < -0.39 is 0 Å². The Morgan fingerprint density at radius 3 is 2.59 bits per heavy atom. The molecule has 2 unspecified atom stereocenters. The molecule has 2 atom stereocenters. The van der Waals surface area contributed by atoms with Gasteiger partial charge in [-0.25, -0.2) is 0 Å². The second-order valence-electron chi connectivity index (χ2n) is 6.91. The molecule has 0 saturated carbocycles. The van der Waals surface area contributed by atoms with E-state index in [1.807, 2.05) is 23.6 Å². The van der Waals surface area contributed by atoms with Gasteiger partial charge in [0.15, 0.2) is 5.78 Å². The molecule has 2 aliphatic rings. The van der Waals surface area contributed by atoms with Crippen molar-refractivity contribution in [1.29, 1.82) is 0 Å². The molecule has 0 amide bonds. The van der Waals surface area contributed by atoms with Crippen molar-refractivity contribution in [3.05, 3.63) is 84.4 Å². The molecule has 27 heavy (non-hydrogen) atoms. The first-order valence-electron chi connectivity index (χ1n) is 8.74. The zero-order valence-corrected chi connectivity index (χ0v) is 15.8. The van der Waals surface area contributed by atoms with E-state index in [1.54, 1.807) is 23.5 Å². The number of rotatable bonds is 2. The van der Waals surface area contributed by atoms with E-state index in [0.717, 1.165) is 17.7 Å². The number of anilines is 1. The van der Waals surface area contributed by atoms with Crippen molar-refractivity contribution in [3.8, 4) is 0 Å². The summed E-state index contributed by atoms with van der Waals surface area (Å²) >= 11 is 7.72. The predicted octanol–water partition coefficient (Wildman–Crippen LogP) is 4.38. The number of carbonyl (C=O) groups is 1. The first-order chi connectivity index (χ1) is 13.1. The fourth-order valence-electron chi connectivity index (χ4n) is 4.13. The molecule has 0 saturated heterocycles. The minimum atomic E-state index is -0.389. The highest BCUT2D eigenvalue weighted by Gasteiger charge is 2.40. The third-order valence-corrected chi connectivity index (χ3v) is 6.61. The summed E-state index contributed by atoms with van der Waals surface area (Å²) in [7, 11) is 0. The highest BCUT2D eigenvalue weighted by atomic mass is 35.5. The maximum absolute atomic E-state index is 13.2. The lowest BCUT2D eigenvalue weighted by Crippen LogP contribution is -2.31. The average molecular weight is 398 g/mol. The molecule has 0 fully saturated rings. The fourth-order valence-corrected chi connectivity index (χ4v) is 5.09. The molecule has 2 aromatic heterocycles. The normalized spacial score (nSPS) is 21.6. The molecule has 3 heterocycles. The van der Waals surface area contributed by atoms with Crippen LogP contribution in [0.1, 0.15) is 40.7 Å². The highest BCUT2D eigenvalue weighted by molar-refractivity contribution is 7.10. The standard InChI is InChI=1S/C20H16ClN3O2S/c21-12-5-3-10(4-6-12)16-17-13(22-19-18(16)20(26)24-23-19)8-11(9-14(17)25)15-2-1-7-27-15/h1-7,11,16H,8-9H2,(H3,22,23,24,26). The Labute approximate surface area is 164 Å². The van der Waals surface area contributed by atoms with Crippen LogP contribution in [0, 0.1) is 0 Å². The number of allylic oxidation sites excluding steroid dienone is 2. The van der Waals surface area contributed by atoms with Crippen LogP contribution in [0.15, 0.2) is 57.8 Å². The van der Waals surface area contributed by atoms with E-state index in [1.165, 1.54) is 4.88 Å². The van der Waals surface area contributed by atoms with Crippen LogP contribution >= 0.6 is 22.9 Å². The molecule has 136 valence electrons. The Hall–Kier alpha value is -2.57. The molecule has 0 spiro atoms. The third kappa shape index (κ3) is 2.67. The van der Waals surface area contributed by atoms with E-state index in [-0.39, 0.29) is 23.2 Å². The van der Waals surface area contributed by atoms with Crippen LogP contribution in [-0.4, -0.2) is 16.0 Å². The molecule has 0 bridgehead atoms. The lowest BCUT2D eigenvalue weighted by atomic mass is 9.74. The second-order valence-corrected chi connectivity index (χ2v) is 8.33. The second kappa shape index (κ2) is 6.25. The zero-order valence-electron chi connectivity index (χ0n) is 14.2. The van der Waals surface area contributed by atoms with Gasteiger partial charge in [0.05, 0.1) is 5.56 Å². The largest absolute Gasteiger partial charge is 0.343 e. The first kappa shape index (κ1) is 16.6. The van der Waals surface area contributed by atoms with Gasteiger partial charge < -0.3 is 5.32 Å². The quantitative estimate of drug-likeness (QED) is 0.600. The van der Waals surface area contributed by atoms with Gasteiger partial charge in [-0.05, 0) is 35.6 Å². The maximum Gasteiger partial charge on any atom is 0.270 e. The van der Waals surface area contributed by atoms with Crippen LogP contribution in [0.4, 0.5) is 5.82 Å². The first-order valence-corrected chi connectivity index (χ1v) is 10.00. The third-order valence-electron chi connectivity index (χ3n) is 5.32. The van der Waals surface area contributed by atoms with Crippen LogP contribution in [-0.2, 0) is 4.79 Å². The van der Waals surface area contributed by atoms with Gasteiger partial charge in [-0.15, -0.1) is 11.3 Å². The number of ketones is 1. The summed E-state index contributed by atoms with van der Waals surface area (Å²) in [4.78, 5) is 26.9. The van der Waals surface area contributed by atoms with Gasteiger partial charge >= 0.3 is 0 Å². The average Bonchev–Trinajstić information content (AvgIpc) is 3.31. The lowest BCUT2D eigenvalue weighted by molar-refractivity contribution is -0.116. The number of hydrogen-bond acceptors (Lipinski definition) is 4. The van der Waals surface area contributed by atoms with Crippen LogP contribution in [0.3, 0.4) is 0 Å². The number of aromatic nitrogens is 2. The van der Waals surface area contributed by atoms with E-state index in [2.05, 4.69) is 21.6 Å². The number of H-pyrrole nitrogens is 2. The van der Waals surface area contributed by atoms with Gasteiger partial charge in [0.2, 0.25) is 0 Å². The number of halogens is 1. The molecule has 1 aliphatic carbocycles. The van der Waals surface area contributed by atoms with Crippen LogP contribution < -0.4 is 10.9 Å². The summed E-state index contributed by atoms with van der Waals surface area (Å²) in [5.74, 6) is 0.508. The SMILES string of the molecule is O=C1CC(c2cccs2)CC2=C1C(c1ccc(Cl)cc1)c1c([nH][nH]c1=O)N2. The monoisotopic (exact) mass is 397 g/mol. The van der Waals surface area contributed by atoms with Crippen molar-refractivity contribution >= 4 is 34.5 Å². The molecule has 7 heteroatoms. The van der Waals surface area contributed by atoms with Gasteiger partial charge in [-0.2, -0.15) is 0 Å². The van der Waals surface area contributed by atoms with Crippen LogP contribution in [0.2, 0.25) is 5.02 Å². The number of fused-ring (bicyclic) bond motifs is 1. The van der Waals surface area contributed by atoms with Crippen molar-refractivity contribution in [3.63, 3.8) is 0 Å².